The summed E-state index contributed by atoms with van der Waals surface area (Å²) in [6, 6.07) is 4.25. The molecule has 0 bridgehead atoms. The molecule has 9 nitrogen and oxygen atoms in total. The van der Waals surface area contributed by atoms with Crippen LogP contribution in [0.15, 0.2) is 18.3 Å². The van der Waals surface area contributed by atoms with Gasteiger partial charge in [-0.15, -0.1) is 0 Å². The Morgan fingerprint density at radius 3 is 2.81 bits per heavy atom. The molecule has 2 aliphatic heterocycles. The quantitative estimate of drug-likeness (QED) is 0.701. The largest absolute Gasteiger partial charge is 0.355 e. The molecular weight excluding hydrogens is 336 g/mol. The summed E-state index contributed by atoms with van der Waals surface area (Å²) >= 11 is 0. The summed E-state index contributed by atoms with van der Waals surface area (Å²) in [7, 11) is 0. The van der Waals surface area contributed by atoms with Gasteiger partial charge in [-0.05, 0) is 31.4 Å². The lowest BCUT2D eigenvalue weighted by Crippen LogP contribution is -2.52. The van der Waals surface area contributed by atoms with Crippen LogP contribution >= 0.6 is 0 Å². The summed E-state index contributed by atoms with van der Waals surface area (Å²) in [5.41, 5.74) is 0.535. The summed E-state index contributed by atoms with van der Waals surface area (Å²) in [6.07, 6.45) is 3.50. The molecule has 4 amide bonds. The molecule has 2 saturated heterocycles. The second-order valence-electron chi connectivity index (χ2n) is 6.37. The van der Waals surface area contributed by atoms with Gasteiger partial charge in [-0.3, -0.25) is 14.9 Å². The van der Waals surface area contributed by atoms with Gasteiger partial charge in [-0.1, -0.05) is 0 Å². The van der Waals surface area contributed by atoms with Gasteiger partial charge in [0, 0.05) is 31.7 Å². The smallest absolute Gasteiger partial charge is 0.322 e. The highest BCUT2D eigenvalue weighted by molar-refractivity contribution is 5.98. The number of rotatable bonds is 3. The van der Waals surface area contributed by atoms with Gasteiger partial charge in [0.1, 0.15) is 17.9 Å². The lowest BCUT2D eigenvalue weighted by atomic mass is 10.0. The Morgan fingerprint density at radius 2 is 2.08 bits per heavy atom. The zero-order valence-electron chi connectivity index (χ0n) is 14.2. The Balaban J connectivity index is 1.54. The minimum atomic E-state index is -0.708. The Hall–Kier alpha value is -3.15. The molecule has 2 aliphatic rings. The number of urea groups is 1. The van der Waals surface area contributed by atoms with E-state index in [1.165, 1.54) is 0 Å². The zero-order valence-corrected chi connectivity index (χ0v) is 14.2. The number of imide groups is 1. The number of piperidine rings is 1. The zero-order chi connectivity index (χ0) is 18.5. The number of nitrogens with one attached hydrogen (secondary N) is 3. The molecule has 1 atom stereocenters. The third kappa shape index (κ3) is 4.08. The van der Waals surface area contributed by atoms with E-state index in [4.69, 9.17) is 0 Å². The first-order valence-electron chi connectivity index (χ1n) is 8.57. The number of nitriles is 1. The number of amides is 4. The average molecular weight is 356 g/mol. The van der Waals surface area contributed by atoms with Crippen LogP contribution in [-0.2, 0) is 9.59 Å². The van der Waals surface area contributed by atoms with E-state index in [0.29, 0.717) is 37.3 Å². The van der Waals surface area contributed by atoms with E-state index in [9.17, 15) is 19.6 Å². The van der Waals surface area contributed by atoms with E-state index < -0.39 is 12.1 Å². The summed E-state index contributed by atoms with van der Waals surface area (Å²) in [4.78, 5) is 41.6. The minimum absolute atomic E-state index is 0.0168. The highest BCUT2D eigenvalue weighted by Gasteiger charge is 2.29. The molecule has 0 aromatic carbocycles. The van der Waals surface area contributed by atoms with Gasteiger partial charge >= 0.3 is 6.03 Å². The number of hydrogen-bond acceptors (Lipinski definition) is 6. The Kier molecular flexibility index (Phi) is 5.31. The predicted molar refractivity (Wildman–Crippen MR) is 92.0 cm³/mol. The average Bonchev–Trinajstić information content (AvgIpc) is 2.82. The SMILES string of the molecule is N#Cc1cccnc1N1CCC(NC(=O)[C@H]2CCC(=O)NC(=O)N2)CC1. The molecule has 26 heavy (non-hydrogen) atoms. The maximum Gasteiger partial charge on any atom is 0.322 e. The number of pyridine rings is 1. The fourth-order valence-corrected chi connectivity index (χ4v) is 3.20. The number of carbonyl (C=O) groups excluding carboxylic acids is 3. The normalized spacial score (nSPS) is 21.2. The molecule has 3 heterocycles. The molecule has 0 radical (unpaired) electrons. The third-order valence-electron chi connectivity index (χ3n) is 4.58. The Labute approximate surface area is 150 Å². The lowest BCUT2D eigenvalue weighted by Gasteiger charge is -2.34. The molecule has 136 valence electrons. The summed E-state index contributed by atoms with van der Waals surface area (Å²) in [6.45, 7) is 1.35. The van der Waals surface area contributed by atoms with Crippen LogP contribution in [0.1, 0.15) is 31.2 Å². The first kappa shape index (κ1) is 17.7. The van der Waals surface area contributed by atoms with E-state index in [1.807, 2.05) is 4.90 Å². The van der Waals surface area contributed by atoms with E-state index in [2.05, 4.69) is 27.0 Å². The van der Waals surface area contributed by atoms with Crippen molar-refractivity contribution >= 4 is 23.7 Å². The molecule has 3 N–H and O–H groups in total. The van der Waals surface area contributed by atoms with Crippen LogP contribution in [0.4, 0.5) is 10.6 Å². The topological polar surface area (TPSA) is 127 Å². The summed E-state index contributed by atoms with van der Waals surface area (Å²) < 4.78 is 0. The van der Waals surface area contributed by atoms with Crippen LogP contribution < -0.4 is 20.9 Å². The number of anilines is 1. The molecular formula is C17H20N6O3. The molecule has 3 rings (SSSR count). The van der Waals surface area contributed by atoms with Crippen molar-refractivity contribution in [3.8, 4) is 6.07 Å². The van der Waals surface area contributed by atoms with Gasteiger partial charge in [0.25, 0.3) is 0 Å². The number of nitrogens with zero attached hydrogens (tertiary/aromatic N) is 3. The highest BCUT2D eigenvalue weighted by atomic mass is 16.2. The molecule has 2 fully saturated rings. The van der Waals surface area contributed by atoms with Crippen LogP contribution in [-0.4, -0.2) is 48.0 Å². The highest BCUT2D eigenvalue weighted by Crippen LogP contribution is 2.21. The third-order valence-corrected chi connectivity index (χ3v) is 4.58. The van der Waals surface area contributed by atoms with Gasteiger partial charge in [0.15, 0.2) is 0 Å². The fourth-order valence-electron chi connectivity index (χ4n) is 3.20. The van der Waals surface area contributed by atoms with Crippen molar-refractivity contribution in [1.29, 1.82) is 5.26 Å². The van der Waals surface area contributed by atoms with E-state index >= 15 is 0 Å². The van der Waals surface area contributed by atoms with Gasteiger partial charge in [-0.2, -0.15) is 5.26 Å². The van der Waals surface area contributed by atoms with Crippen molar-refractivity contribution < 1.29 is 14.4 Å². The molecule has 0 saturated carbocycles. The van der Waals surface area contributed by atoms with Crippen molar-refractivity contribution in [2.75, 3.05) is 18.0 Å². The minimum Gasteiger partial charge on any atom is -0.355 e. The van der Waals surface area contributed by atoms with Crippen LogP contribution in [0.5, 0.6) is 0 Å². The molecule has 1 aromatic rings. The second kappa shape index (κ2) is 7.82. The van der Waals surface area contributed by atoms with Gasteiger partial charge in [-0.25, -0.2) is 9.78 Å². The van der Waals surface area contributed by atoms with E-state index in [0.717, 1.165) is 0 Å². The number of aromatic nitrogens is 1. The van der Waals surface area contributed by atoms with Crippen molar-refractivity contribution in [3.63, 3.8) is 0 Å². The maximum atomic E-state index is 12.4. The fraction of sp³-hybridized carbons (Fsp3) is 0.471. The molecule has 0 aliphatic carbocycles. The molecule has 9 heteroatoms. The first-order chi connectivity index (χ1) is 12.6. The second-order valence-corrected chi connectivity index (χ2v) is 6.37. The lowest BCUT2D eigenvalue weighted by molar-refractivity contribution is -0.124. The van der Waals surface area contributed by atoms with Crippen molar-refractivity contribution in [2.45, 2.75) is 37.8 Å². The Bertz CT molecular complexity index is 751. The van der Waals surface area contributed by atoms with Crippen LogP contribution in [0.3, 0.4) is 0 Å². The van der Waals surface area contributed by atoms with Gasteiger partial charge < -0.3 is 15.5 Å². The maximum absolute atomic E-state index is 12.4. The molecule has 0 spiro atoms. The molecule has 1 aromatic heterocycles. The van der Waals surface area contributed by atoms with Crippen LogP contribution in [0, 0.1) is 11.3 Å². The summed E-state index contributed by atoms with van der Waals surface area (Å²) in [5, 5.41) is 16.8. The summed E-state index contributed by atoms with van der Waals surface area (Å²) in [5.74, 6) is 0.0130. The number of hydrogen-bond donors (Lipinski definition) is 3. The van der Waals surface area contributed by atoms with Crippen molar-refractivity contribution in [2.24, 2.45) is 0 Å². The van der Waals surface area contributed by atoms with Gasteiger partial charge in [0.05, 0.1) is 5.56 Å². The van der Waals surface area contributed by atoms with E-state index in [-0.39, 0.29) is 30.7 Å². The van der Waals surface area contributed by atoms with Crippen molar-refractivity contribution in [3.05, 3.63) is 23.9 Å². The predicted octanol–water partition coefficient (Wildman–Crippen LogP) is 0.0265. The monoisotopic (exact) mass is 356 g/mol. The van der Waals surface area contributed by atoms with Crippen LogP contribution in [0.25, 0.3) is 0 Å². The van der Waals surface area contributed by atoms with Gasteiger partial charge in [0.2, 0.25) is 11.8 Å². The van der Waals surface area contributed by atoms with Crippen molar-refractivity contribution in [1.82, 2.24) is 20.9 Å². The first-order valence-corrected chi connectivity index (χ1v) is 8.57. The number of carbonyl (C=O) groups is 3. The Morgan fingerprint density at radius 1 is 1.31 bits per heavy atom. The van der Waals surface area contributed by atoms with E-state index in [1.54, 1.807) is 18.3 Å². The van der Waals surface area contributed by atoms with Crippen LogP contribution in [0.2, 0.25) is 0 Å². The molecule has 0 unspecified atom stereocenters. The standard InChI is InChI=1S/C17H20N6O3/c18-10-11-2-1-7-19-15(11)23-8-5-12(6-9-23)20-16(25)13-3-4-14(24)22-17(26)21-13/h1-2,7,12-13H,3-6,8-9H2,(H,20,25)(H2,21,22,24,26)/t13-/m1/s1.